The number of nitrogens with two attached hydrogens (primary N) is 1. The van der Waals surface area contributed by atoms with Gasteiger partial charge < -0.3 is 15.4 Å². The average molecular weight is 251 g/mol. The number of likely N-dealkylation sites (N-methyl/N-ethyl adjacent to an activating group) is 1. The monoisotopic (exact) mass is 251 g/mol. The summed E-state index contributed by atoms with van der Waals surface area (Å²) in [6.07, 6.45) is 0. The van der Waals surface area contributed by atoms with E-state index in [2.05, 4.69) is 5.43 Å². The highest BCUT2D eigenvalue weighted by Gasteiger charge is 2.21. The van der Waals surface area contributed by atoms with Gasteiger partial charge in [0.15, 0.2) is 0 Å². The van der Waals surface area contributed by atoms with E-state index in [4.69, 9.17) is 5.84 Å². The Labute approximate surface area is 108 Å². The number of anilines is 1. The van der Waals surface area contributed by atoms with E-state index in [1.165, 1.54) is 4.90 Å². The first kappa shape index (κ1) is 14.5. The molecular weight excluding hydrogens is 230 g/mol. The molecule has 0 aliphatic rings. The minimum absolute atomic E-state index is 0.176. The molecule has 100 valence electrons. The number of hydrogen-bond acceptors (Lipinski definition) is 4. The average Bonchev–Trinajstić information content (AvgIpc) is 2.25. The molecule has 0 heterocycles. The van der Waals surface area contributed by atoms with E-state index in [1.54, 1.807) is 27.0 Å². The van der Waals surface area contributed by atoms with Crippen molar-refractivity contribution in [2.24, 2.45) is 5.84 Å². The zero-order valence-electron chi connectivity index (χ0n) is 11.3. The zero-order chi connectivity index (χ0) is 13.9. The fourth-order valence-electron chi connectivity index (χ4n) is 1.82. The predicted molar refractivity (Wildman–Crippen MR) is 72.2 cm³/mol. The number of aliphatic hydroxyl groups is 1. The summed E-state index contributed by atoms with van der Waals surface area (Å²) in [6.45, 7) is 5.50. The molecule has 0 aliphatic carbocycles. The van der Waals surface area contributed by atoms with Crippen LogP contribution in [0.15, 0.2) is 18.2 Å². The number of aryl methyl sites for hydroxylation is 1. The van der Waals surface area contributed by atoms with Crippen LogP contribution < -0.4 is 11.3 Å². The Bertz CT molecular complexity index is 438. The van der Waals surface area contributed by atoms with Gasteiger partial charge in [-0.1, -0.05) is 6.07 Å². The van der Waals surface area contributed by atoms with Crippen LogP contribution in [-0.2, 0) is 0 Å². The molecule has 0 unspecified atom stereocenters. The molecule has 0 atom stereocenters. The first-order chi connectivity index (χ1) is 8.24. The predicted octanol–water partition coefficient (Wildman–Crippen LogP) is 1.12. The highest BCUT2D eigenvalue weighted by molar-refractivity contribution is 5.99. The van der Waals surface area contributed by atoms with Crippen molar-refractivity contribution < 1.29 is 9.90 Å². The number of hydrogen-bond donors (Lipinski definition) is 3. The van der Waals surface area contributed by atoms with E-state index < -0.39 is 5.60 Å². The number of nitrogens with zero attached hydrogens (tertiary/aromatic N) is 1. The number of rotatable bonds is 4. The molecular formula is C13H21N3O2. The molecule has 1 aromatic rings. The Morgan fingerprint density at radius 1 is 1.50 bits per heavy atom. The maximum absolute atomic E-state index is 12.2. The third kappa shape index (κ3) is 3.72. The van der Waals surface area contributed by atoms with Gasteiger partial charge in [0.05, 0.1) is 16.9 Å². The van der Waals surface area contributed by atoms with Crippen molar-refractivity contribution in [3.63, 3.8) is 0 Å². The zero-order valence-corrected chi connectivity index (χ0v) is 11.3. The van der Waals surface area contributed by atoms with E-state index in [-0.39, 0.29) is 12.5 Å². The fraction of sp³-hybridized carbons (Fsp3) is 0.462. The number of nitrogen functional groups attached to an aromatic ring is 1. The number of amides is 1. The number of benzene rings is 1. The number of nitrogens with one attached hydrogen (secondary N) is 1. The Morgan fingerprint density at radius 3 is 2.61 bits per heavy atom. The van der Waals surface area contributed by atoms with Crippen molar-refractivity contribution in [2.45, 2.75) is 26.4 Å². The topological polar surface area (TPSA) is 78.6 Å². The van der Waals surface area contributed by atoms with Crippen LogP contribution in [0.2, 0.25) is 0 Å². The van der Waals surface area contributed by atoms with Crippen molar-refractivity contribution in [1.82, 2.24) is 4.90 Å². The van der Waals surface area contributed by atoms with Gasteiger partial charge in [0.25, 0.3) is 5.91 Å². The van der Waals surface area contributed by atoms with Crippen molar-refractivity contribution in [2.75, 3.05) is 19.0 Å². The van der Waals surface area contributed by atoms with Crippen LogP contribution in [0.3, 0.4) is 0 Å². The molecule has 0 saturated carbocycles. The van der Waals surface area contributed by atoms with Crippen LogP contribution in [0.1, 0.15) is 29.8 Å². The SMILES string of the molecule is Cc1ccc(C(=O)N(C)CC(C)(C)O)c(NN)c1. The van der Waals surface area contributed by atoms with Gasteiger partial charge in [0, 0.05) is 13.6 Å². The lowest BCUT2D eigenvalue weighted by molar-refractivity contribution is 0.0368. The van der Waals surface area contributed by atoms with Gasteiger partial charge in [-0.15, -0.1) is 0 Å². The quantitative estimate of drug-likeness (QED) is 0.553. The Morgan fingerprint density at radius 2 is 2.11 bits per heavy atom. The van der Waals surface area contributed by atoms with Crippen LogP contribution in [0.4, 0.5) is 5.69 Å². The molecule has 18 heavy (non-hydrogen) atoms. The highest BCUT2D eigenvalue weighted by Crippen LogP contribution is 2.19. The molecule has 5 heteroatoms. The normalized spacial score (nSPS) is 11.2. The second-order valence-corrected chi connectivity index (χ2v) is 5.17. The second kappa shape index (κ2) is 5.37. The molecule has 5 nitrogen and oxygen atoms in total. The molecule has 1 amide bonds. The summed E-state index contributed by atoms with van der Waals surface area (Å²) < 4.78 is 0. The molecule has 0 saturated heterocycles. The summed E-state index contributed by atoms with van der Waals surface area (Å²) in [5.41, 5.74) is 3.70. The summed E-state index contributed by atoms with van der Waals surface area (Å²) in [7, 11) is 1.65. The molecule has 0 bridgehead atoms. The first-order valence-electron chi connectivity index (χ1n) is 5.80. The molecule has 0 aromatic heterocycles. The third-order valence-corrected chi connectivity index (χ3v) is 2.53. The summed E-state index contributed by atoms with van der Waals surface area (Å²) in [5.74, 6) is 5.24. The molecule has 0 radical (unpaired) electrons. The molecule has 4 N–H and O–H groups in total. The van der Waals surface area contributed by atoms with E-state index >= 15 is 0 Å². The van der Waals surface area contributed by atoms with Crippen LogP contribution in [0, 0.1) is 6.92 Å². The van der Waals surface area contributed by atoms with Crippen LogP contribution in [-0.4, -0.2) is 35.1 Å². The molecule has 0 spiro atoms. The van der Waals surface area contributed by atoms with Crippen molar-refractivity contribution in [3.8, 4) is 0 Å². The van der Waals surface area contributed by atoms with Gasteiger partial charge >= 0.3 is 0 Å². The Balaban J connectivity index is 2.96. The van der Waals surface area contributed by atoms with E-state index in [0.717, 1.165) is 5.56 Å². The van der Waals surface area contributed by atoms with Gasteiger partial charge in [-0.2, -0.15) is 0 Å². The molecule has 1 aromatic carbocycles. The first-order valence-corrected chi connectivity index (χ1v) is 5.80. The van der Waals surface area contributed by atoms with Gasteiger partial charge in [0.2, 0.25) is 0 Å². The number of hydrazine groups is 1. The number of carbonyl (C=O) groups is 1. The van der Waals surface area contributed by atoms with Crippen molar-refractivity contribution in [3.05, 3.63) is 29.3 Å². The maximum atomic E-state index is 12.2. The summed E-state index contributed by atoms with van der Waals surface area (Å²) in [5, 5.41) is 9.72. The lowest BCUT2D eigenvalue weighted by Crippen LogP contribution is -2.40. The Kier molecular flexibility index (Phi) is 4.32. The van der Waals surface area contributed by atoms with Gasteiger partial charge in [0.1, 0.15) is 0 Å². The van der Waals surface area contributed by atoms with Crippen LogP contribution in [0.5, 0.6) is 0 Å². The van der Waals surface area contributed by atoms with E-state index in [0.29, 0.717) is 11.3 Å². The Hall–Kier alpha value is -1.59. The van der Waals surface area contributed by atoms with Gasteiger partial charge in [-0.05, 0) is 38.5 Å². The summed E-state index contributed by atoms with van der Waals surface area (Å²) >= 11 is 0. The molecule has 0 fully saturated rings. The third-order valence-electron chi connectivity index (χ3n) is 2.53. The van der Waals surface area contributed by atoms with Gasteiger partial charge in [-0.25, -0.2) is 0 Å². The smallest absolute Gasteiger partial charge is 0.255 e. The molecule has 0 aliphatic heterocycles. The van der Waals surface area contributed by atoms with Crippen molar-refractivity contribution in [1.29, 1.82) is 0 Å². The standard InChI is InChI=1S/C13H21N3O2/c1-9-5-6-10(11(7-9)15-14)12(17)16(4)8-13(2,3)18/h5-7,15,18H,8,14H2,1-4H3. The lowest BCUT2D eigenvalue weighted by Gasteiger charge is -2.26. The van der Waals surface area contributed by atoms with E-state index in [1.807, 2.05) is 19.1 Å². The fourth-order valence-corrected chi connectivity index (χ4v) is 1.82. The second-order valence-electron chi connectivity index (χ2n) is 5.17. The molecule has 1 rings (SSSR count). The van der Waals surface area contributed by atoms with E-state index in [9.17, 15) is 9.90 Å². The minimum Gasteiger partial charge on any atom is -0.389 e. The van der Waals surface area contributed by atoms with Gasteiger partial charge in [-0.3, -0.25) is 10.6 Å². The van der Waals surface area contributed by atoms with Crippen LogP contribution in [0.25, 0.3) is 0 Å². The maximum Gasteiger partial charge on any atom is 0.255 e. The highest BCUT2D eigenvalue weighted by atomic mass is 16.3. The minimum atomic E-state index is -0.925. The lowest BCUT2D eigenvalue weighted by atomic mass is 10.1. The van der Waals surface area contributed by atoms with Crippen molar-refractivity contribution >= 4 is 11.6 Å². The number of carbonyl (C=O) groups excluding carboxylic acids is 1. The van der Waals surface area contributed by atoms with Crippen LogP contribution >= 0.6 is 0 Å². The summed E-state index contributed by atoms with van der Waals surface area (Å²) in [6, 6.07) is 5.39. The largest absolute Gasteiger partial charge is 0.389 e. The summed E-state index contributed by atoms with van der Waals surface area (Å²) in [4.78, 5) is 13.7.